The van der Waals surface area contributed by atoms with E-state index in [0.29, 0.717) is 0 Å². The summed E-state index contributed by atoms with van der Waals surface area (Å²) < 4.78 is 0. The number of piperazine rings is 1. The van der Waals surface area contributed by atoms with Crippen LogP contribution in [0.25, 0.3) is 0 Å². The van der Waals surface area contributed by atoms with Gasteiger partial charge in [-0.1, -0.05) is 0 Å². The first-order valence-corrected chi connectivity index (χ1v) is 6.77. The summed E-state index contributed by atoms with van der Waals surface area (Å²) in [6, 6.07) is 4.09. The monoisotopic (exact) mass is 249 g/mol. The van der Waals surface area contributed by atoms with E-state index in [-0.39, 0.29) is 0 Å². The third kappa shape index (κ3) is 3.65. The zero-order valence-electron chi connectivity index (χ0n) is 11.2. The normalized spacial score (nSPS) is 17.1. The van der Waals surface area contributed by atoms with Crippen LogP contribution in [0.3, 0.4) is 0 Å². The van der Waals surface area contributed by atoms with E-state index in [2.05, 4.69) is 26.1 Å². The fraction of sp³-hybridized carbons (Fsp3) is 0.692. The molecular formula is C13H23N5. The van der Waals surface area contributed by atoms with Gasteiger partial charge in [-0.3, -0.25) is 4.90 Å². The van der Waals surface area contributed by atoms with Crippen molar-refractivity contribution in [2.24, 2.45) is 5.73 Å². The van der Waals surface area contributed by atoms with E-state index < -0.39 is 0 Å². The van der Waals surface area contributed by atoms with Crippen molar-refractivity contribution < 1.29 is 0 Å². The molecule has 0 aromatic carbocycles. The van der Waals surface area contributed by atoms with Crippen LogP contribution in [0.1, 0.15) is 18.5 Å². The highest BCUT2D eigenvalue weighted by Gasteiger charge is 2.17. The van der Waals surface area contributed by atoms with E-state index in [1.807, 2.05) is 13.0 Å². The minimum absolute atomic E-state index is 0.804. The second-order valence-electron chi connectivity index (χ2n) is 4.86. The van der Waals surface area contributed by atoms with E-state index in [0.717, 1.165) is 50.7 Å². The van der Waals surface area contributed by atoms with E-state index in [1.54, 1.807) is 0 Å². The first-order valence-electron chi connectivity index (χ1n) is 6.77. The molecule has 2 heterocycles. The van der Waals surface area contributed by atoms with Crippen LogP contribution in [0.4, 0.5) is 5.82 Å². The van der Waals surface area contributed by atoms with Crippen LogP contribution in [-0.2, 0) is 0 Å². The Morgan fingerprint density at radius 3 is 2.50 bits per heavy atom. The number of aromatic nitrogens is 2. The Morgan fingerprint density at radius 2 is 1.89 bits per heavy atom. The van der Waals surface area contributed by atoms with Gasteiger partial charge in [-0.25, -0.2) is 0 Å². The Hall–Kier alpha value is -1.20. The summed E-state index contributed by atoms with van der Waals surface area (Å²) in [5.74, 6) is 1.00. The topological polar surface area (TPSA) is 58.3 Å². The molecule has 1 aliphatic heterocycles. The molecule has 0 saturated carbocycles. The van der Waals surface area contributed by atoms with Crippen LogP contribution in [0.5, 0.6) is 0 Å². The zero-order chi connectivity index (χ0) is 12.8. The van der Waals surface area contributed by atoms with Gasteiger partial charge in [-0.2, -0.15) is 5.10 Å². The molecule has 0 atom stereocenters. The van der Waals surface area contributed by atoms with Crippen molar-refractivity contribution >= 4 is 5.82 Å². The molecule has 5 nitrogen and oxygen atoms in total. The highest BCUT2D eigenvalue weighted by molar-refractivity contribution is 5.37. The fourth-order valence-electron chi connectivity index (χ4n) is 2.24. The number of rotatable bonds is 5. The van der Waals surface area contributed by atoms with Crippen LogP contribution in [0, 0.1) is 6.92 Å². The molecule has 1 aromatic heterocycles. The van der Waals surface area contributed by atoms with Crippen molar-refractivity contribution in [2.75, 3.05) is 44.2 Å². The molecule has 0 unspecified atom stereocenters. The Morgan fingerprint density at radius 1 is 1.11 bits per heavy atom. The van der Waals surface area contributed by atoms with Crippen molar-refractivity contribution in [1.29, 1.82) is 0 Å². The zero-order valence-corrected chi connectivity index (χ0v) is 11.2. The fourth-order valence-corrected chi connectivity index (χ4v) is 2.24. The quantitative estimate of drug-likeness (QED) is 0.776. The van der Waals surface area contributed by atoms with Crippen LogP contribution in [0.2, 0.25) is 0 Å². The number of hydrogen-bond acceptors (Lipinski definition) is 5. The van der Waals surface area contributed by atoms with Crippen molar-refractivity contribution in [2.45, 2.75) is 19.8 Å². The van der Waals surface area contributed by atoms with Crippen LogP contribution in [0.15, 0.2) is 12.1 Å². The molecular weight excluding hydrogens is 226 g/mol. The largest absolute Gasteiger partial charge is 0.353 e. The van der Waals surface area contributed by atoms with Crippen LogP contribution < -0.4 is 10.6 Å². The molecule has 1 fully saturated rings. The molecule has 18 heavy (non-hydrogen) atoms. The van der Waals surface area contributed by atoms with Crippen molar-refractivity contribution in [3.63, 3.8) is 0 Å². The minimum atomic E-state index is 0.804. The summed E-state index contributed by atoms with van der Waals surface area (Å²) in [6.45, 7) is 8.25. The summed E-state index contributed by atoms with van der Waals surface area (Å²) in [5, 5.41) is 8.36. The summed E-state index contributed by atoms with van der Waals surface area (Å²) in [7, 11) is 0. The second-order valence-corrected chi connectivity index (χ2v) is 4.86. The van der Waals surface area contributed by atoms with Crippen molar-refractivity contribution in [1.82, 2.24) is 15.1 Å². The van der Waals surface area contributed by atoms with E-state index >= 15 is 0 Å². The number of unbranched alkanes of at least 4 members (excludes halogenated alkanes) is 1. The Bertz CT molecular complexity index is 343. The Kier molecular flexibility index (Phi) is 4.90. The third-order valence-electron chi connectivity index (χ3n) is 3.41. The van der Waals surface area contributed by atoms with Crippen LogP contribution in [-0.4, -0.2) is 54.4 Å². The lowest BCUT2D eigenvalue weighted by molar-refractivity contribution is 0.253. The van der Waals surface area contributed by atoms with Gasteiger partial charge in [0.25, 0.3) is 0 Å². The molecule has 0 spiro atoms. The average molecular weight is 249 g/mol. The number of hydrogen-bond donors (Lipinski definition) is 1. The van der Waals surface area contributed by atoms with E-state index in [1.165, 1.54) is 13.0 Å². The first-order chi connectivity index (χ1) is 8.79. The molecule has 5 heteroatoms. The molecule has 0 bridgehead atoms. The number of nitrogens with two attached hydrogens (primary N) is 1. The molecule has 2 rings (SSSR count). The number of anilines is 1. The standard InChI is InChI=1S/C13H23N5/c1-12-4-5-13(16-15-12)18-10-8-17(9-11-18)7-3-2-6-14/h4-5H,2-3,6-11,14H2,1H3. The molecule has 1 aromatic rings. The predicted octanol–water partition coefficient (Wildman–Crippen LogP) is 0.646. The van der Waals surface area contributed by atoms with Gasteiger partial charge in [0.15, 0.2) is 5.82 Å². The molecule has 0 radical (unpaired) electrons. The molecule has 100 valence electrons. The van der Waals surface area contributed by atoms with Crippen LogP contribution >= 0.6 is 0 Å². The summed E-state index contributed by atoms with van der Waals surface area (Å²) in [5.41, 5.74) is 6.48. The highest BCUT2D eigenvalue weighted by Crippen LogP contribution is 2.12. The lowest BCUT2D eigenvalue weighted by Crippen LogP contribution is -2.47. The number of aryl methyl sites for hydroxylation is 1. The van der Waals surface area contributed by atoms with E-state index in [4.69, 9.17) is 5.73 Å². The minimum Gasteiger partial charge on any atom is -0.353 e. The van der Waals surface area contributed by atoms with Gasteiger partial charge < -0.3 is 10.6 Å². The summed E-state index contributed by atoms with van der Waals surface area (Å²) in [4.78, 5) is 4.82. The molecule has 1 aliphatic rings. The first kappa shape index (κ1) is 13.2. The smallest absolute Gasteiger partial charge is 0.151 e. The number of nitrogens with zero attached hydrogens (tertiary/aromatic N) is 4. The Balaban J connectivity index is 1.77. The predicted molar refractivity (Wildman–Crippen MR) is 73.7 cm³/mol. The SMILES string of the molecule is Cc1ccc(N2CCN(CCCCN)CC2)nn1. The molecule has 2 N–H and O–H groups in total. The molecule has 0 aliphatic carbocycles. The third-order valence-corrected chi connectivity index (χ3v) is 3.41. The van der Waals surface area contributed by atoms with E-state index in [9.17, 15) is 0 Å². The van der Waals surface area contributed by atoms with Gasteiger partial charge in [-0.05, 0) is 45.0 Å². The maximum atomic E-state index is 5.51. The maximum Gasteiger partial charge on any atom is 0.151 e. The van der Waals surface area contributed by atoms with Gasteiger partial charge in [0, 0.05) is 26.2 Å². The van der Waals surface area contributed by atoms with Gasteiger partial charge in [-0.15, -0.1) is 5.10 Å². The van der Waals surface area contributed by atoms with Gasteiger partial charge in [0.05, 0.1) is 5.69 Å². The lowest BCUT2D eigenvalue weighted by atomic mass is 10.2. The highest BCUT2D eigenvalue weighted by atomic mass is 15.3. The van der Waals surface area contributed by atoms with Crippen molar-refractivity contribution in [3.05, 3.63) is 17.8 Å². The lowest BCUT2D eigenvalue weighted by Gasteiger charge is -2.35. The van der Waals surface area contributed by atoms with Gasteiger partial charge >= 0.3 is 0 Å². The van der Waals surface area contributed by atoms with Gasteiger partial charge in [0.1, 0.15) is 0 Å². The summed E-state index contributed by atoms with van der Waals surface area (Å²) in [6.07, 6.45) is 2.34. The maximum absolute atomic E-state index is 5.51. The second kappa shape index (κ2) is 6.66. The molecule has 1 saturated heterocycles. The van der Waals surface area contributed by atoms with Crippen molar-refractivity contribution in [3.8, 4) is 0 Å². The van der Waals surface area contributed by atoms with Gasteiger partial charge in [0.2, 0.25) is 0 Å². The summed E-state index contributed by atoms with van der Waals surface area (Å²) >= 11 is 0. The average Bonchev–Trinajstić information content (AvgIpc) is 2.41. The Labute approximate surface area is 109 Å². The molecule has 0 amide bonds.